The number of likely N-dealkylation sites (N-methyl/N-ethyl adjacent to an activating group) is 1. The summed E-state index contributed by atoms with van der Waals surface area (Å²) in [6.07, 6.45) is 0. The zero-order valence-electron chi connectivity index (χ0n) is 12.8. The van der Waals surface area contributed by atoms with Gasteiger partial charge in [-0.05, 0) is 36.9 Å². The summed E-state index contributed by atoms with van der Waals surface area (Å²) in [5, 5.41) is 10.9. The molecule has 0 spiro atoms. The first-order valence-corrected chi connectivity index (χ1v) is 7.01. The molecule has 0 aromatic heterocycles. The number of amides is 1. The second kappa shape index (κ2) is 7.62. The fourth-order valence-corrected chi connectivity index (χ4v) is 2.11. The fourth-order valence-electron chi connectivity index (χ4n) is 2.11. The number of anilines is 1. The van der Waals surface area contributed by atoms with Crippen molar-refractivity contribution in [3.05, 3.63) is 65.0 Å². The molecular weight excluding hydrogens is 319 g/mol. The lowest BCUT2D eigenvalue weighted by Crippen LogP contribution is -2.30. The van der Waals surface area contributed by atoms with Crippen LogP contribution in [0.5, 0.6) is 0 Å². The first kappa shape index (κ1) is 17.5. The molecule has 1 N–H and O–H groups in total. The van der Waals surface area contributed by atoms with E-state index in [0.29, 0.717) is 12.1 Å². The number of carbonyl (C=O) groups is 1. The monoisotopic (exact) mass is 333 g/mol. The summed E-state index contributed by atoms with van der Waals surface area (Å²) >= 11 is 0. The van der Waals surface area contributed by atoms with E-state index < -0.39 is 29.0 Å². The molecule has 0 heterocycles. The lowest BCUT2D eigenvalue weighted by Gasteiger charge is -2.16. The summed E-state index contributed by atoms with van der Waals surface area (Å²) < 4.78 is 39.5. The van der Waals surface area contributed by atoms with Crippen LogP contribution in [0, 0.1) is 28.8 Å². The second-order valence-electron chi connectivity index (χ2n) is 5.25. The maximum Gasteiger partial charge on any atom is 0.238 e. The van der Waals surface area contributed by atoms with E-state index in [4.69, 9.17) is 5.26 Å². The van der Waals surface area contributed by atoms with E-state index in [1.54, 1.807) is 36.2 Å². The molecule has 2 rings (SSSR count). The van der Waals surface area contributed by atoms with Gasteiger partial charge in [-0.25, -0.2) is 13.2 Å². The molecule has 0 atom stereocenters. The smallest absolute Gasteiger partial charge is 0.238 e. The van der Waals surface area contributed by atoms with Gasteiger partial charge in [0.2, 0.25) is 5.91 Å². The van der Waals surface area contributed by atoms with Gasteiger partial charge in [0.1, 0.15) is 0 Å². The first-order valence-electron chi connectivity index (χ1n) is 7.01. The van der Waals surface area contributed by atoms with Gasteiger partial charge in [0.15, 0.2) is 17.5 Å². The van der Waals surface area contributed by atoms with Crippen molar-refractivity contribution in [1.29, 1.82) is 5.26 Å². The highest BCUT2D eigenvalue weighted by Gasteiger charge is 2.16. The highest BCUT2D eigenvalue weighted by Crippen LogP contribution is 2.19. The SMILES string of the molecule is CN(CC(=O)Nc1ccc(F)c(F)c1F)Cc1ccc(C#N)cc1. The van der Waals surface area contributed by atoms with E-state index in [0.717, 1.165) is 17.7 Å². The summed E-state index contributed by atoms with van der Waals surface area (Å²) in [5.41, 5.74) is 1.02. The van der Waals surface area contributed by atoms with Gasteiger partial charge < -0.3 is 5.32 Å². The van der Waals surface area contributed by atoms with Gasteiger partial charge in [0.25, 0.3) is 0 Å². The van der Waals surface area contributed by atoms with Gasteiger partial charge >= 0.3 is 0 Å². The predicted molar refractivity (Wildman–Crippen MR) is 82.4 cm³/mol. The molecule has 0 aliphatic heterocycles. The van der Waals surface area contributed by atoms with E-state index in [9.17, 15) is 18.0 Å². The number of nitriles is 1. The number of hydrogen-bond acceptors (Lipinski definition) is 3. The fraction of sp³-hybridized carbons (Fsp3) is 0.176. The number of carbonyl (C=O) groups excluding carboxylic acids is 1. The van der Waals surface area contributed by atoms with E-state index in [1.807, 2.05) is 6.07 Å². The lowest BCUT2D eigenvalue weighted by molar-refractivity contribution is -0.117. The maximum absolute atomic E-state index is 13.5. The Bertz CT molecular complexity index is 785. The van der Waals surface area contributed by atoms with Crippen LogP contribution >= 0.6 is 0 Å². The Hall–Kier alpha value is -2.85. The number of rotatable bonds is 5. The van der Waals surface area contributed by atoms with Gasteiger partial charge in [-0.2, -0.15) is 5.26 Å². The third-order valence-electron chi connectivity index (χ3n) is 3.26. The van der Waals surface area contributed by atoms with Crippen molar-refractivity contribution in [1.82, 2.24) is 4.90 Å². The molecular formula is C17H14F3N3O. The van der Waals surface area contributed by atoms with Crippen LogP contribution in [-0.2, 0) is 11.3 Å². The van der Waals surface area contributed by atoms with Crippen molar-refractivity contribution < 1.29 is 18.0 Å². The van der Waals surface area contributed by atoms with Crippen molar-refractivity contribution >= 4 is 11.6 Å². The van der Waals surface area contributed by atoms with Crippen molar-refractivity contribution in [3.63, 3.8) is 0 Å². The third-order valence-corrected chi connectivity index (χ3v) is 3.26. The third kappa shape index (κ3) is 4.33. The zero-order valence-corrected chi connectivity index (χ0v) is 12.8. The normalized spacial score (nSPS) is 10.5. The summed E-state index contributed by atoms with van der Waals surface area (Å²) in [6.45, 7) is 0.359. The van der Waals surface area contributed by atoms with Gasteiger partial charge in [-0.1, -0.05) is 12.1 Å². The Kier molecular flexibility index (Phi) is 5.55. The molecule has 0 bridgehead atoms. The Morgan fingerprint density at radius 3 is 2.42 bits per heavy atom. The number of hydrogen-bond donors (Lipinski definition) is 1. The zero-order chi connectivity index (χ0) is 17.7. The number of nitrogens with zero attached hydrogens (tertiary/aromatic N) is 2. The Balaban J connectivity index is 1.94. The van der Waals surface area contributed by atoms with Gasteiger partial charge in [-0.15, -0.1) is 0 Å². The highest BCUT2D eigenvalue weighted by atomic mass is 19.2. The lowest BCUT2D eigenvalue weighted by atomic mass is 10.1. The first-order chi connectivity index (χ1) is 11.4. The molecule has 7 heteroatoms. The minimum atomic E-state index is -1.63. The van der Waals surface area contributed by atoms with E-state index >= 15 is 0 Å². The van der Waals surface area contributed by atoms with Crippen LogP contribution in [-0.4, -0.2) is 24.4 Å². The molecule has 0 fully saturated rings. The average molecular weight is 333 g/mol. The molecule has 0 radical (unpaired) electrons. The molecule has 0 saturated heterocycles. The summed E-state index contributed by atoms with van der Waals surface area (Å²) in [5.74, 6) is -4.93. The van der Waals surface area contributed by atoms with Crippen LogP contribution < -0.4 is 5.32 Å². The van der Waals surface area contributed by atoms with Crippen molar-refractivity contribution in [2.75, 3.05) is 18.9 Å². The van der Waals surface area contributed by atoms with Crippen molar-refractivity contribution in [2.24, 2.45) is 0 Å². The van der Waals surface area contributed by atoms with Crippen LogP contribution in [0.2, 0.25) is 0 Å². The minimum absolute atomic E-state index is 0.0710. The minimum Gasteiger partial charge on any atom is -0.322 e. The average Bonchev–Trinajstić information content (AvgIpc) is 2.56. The highest BCUT2D eigenvalue weighted by molar-refractivity contribution is 5.92. The molecule has 0 saturated carbocycles. The Morgan fingerprint density at radius 2 is 1.79 bits per heavy atom. The molecule has 1 amide bonds. The maximum atomic E-state index is 13.5. The molecule has 124 valence electrons. The van der Waals surface area contributed by atoms with Crippen LogP contribution in [0.15, 0.2) is 36.4 Å². The largest absolute Gasteiger partial charge is 0.322 e. The molecule has 4 nitrogen and oxygen atoms in total. The molecule has 0 aliphatic rings. The number of halogens is 3. The van der Waals surface area contributed by atoms with E-state index in [1.165, 1.54) is 0 Å². The Labute approximate surface area is 137 Å². The number of benzene rings is 2. The standard InChI is InChI=1S/C17H14F3N3O/c1-23(9-12-4-2-11(8-21)3-5-12)10-15(24)22-14-7-6-13(18)16(19)17(14)20/h2-7H,9-10H2,1H3,(H,22,24). The number of nitrogens with one attached hydrogen (secondary N) is 1. The van der Waals surface area contributed by atoms with Crippen LogP contribution in [0.25, 0.3) is 0 Å². The molecule has 2 aromatic rings. The van der Waals surface area contributed by atoms with Crippen molar-refractivity contribution in [2.45, 2.75) is 6.54 Å². The van der Waals surface area contributed by atoms with Gasteiger partial charge in [-0.3, -0.25) is 9.69 Å². The quantitative estimate of drug-likeness (QED) is 0.856. The topological polar surface area (TPSA) is 56.1 Å². The van der Waals surface area contributed by atoms with Crippen LogP contribution in [0.4, 0.5) is 18.9 Å². The van der Waals surface area contributed by atoms with Crippen LogP contribution in [0.3, 0.4) is 0 Å². The molecule has 2 aromatic carbocycles. The molecule has 24 heavy (non-hydrogen) atoms. The second-order valence-corrected chi connectivity index (χ2v) is 5.25. The molecule has 0 unspecified atom stereocenters. The van der Waals surface area contributed by atoms with Gasteiger partial charge in [0.05, 0.1) is 23.9 Å². The molecule has 0 aliphatic carbocycles. The van der Waals surface area contributed by atoms with E-state index in [-0.39, 0.29) is 6.54 Å². The Morgan fingerprint density at radius 1 is 1.12 bits per heavy atom. The predicted octanol–water partition coefficient (Wildman–Crippen LogP) is 3.05. The van der Waals surface area contributed by atoms with Gasteiger partial charge in [0, 0.05) is 6.54 Å². The summed E-state index contributed by atoms with van der Waals surface area (Å²) in [7, 11) is 1.68. The van der Waals surface area contributed by atoms with E-state index in [2.05, 4.69) is 5.32 Å². The summed E-state index contributed by atoms with van der Waals surface area (Å²) in [4.78, 5) is 13.5. The summed E-state index contributed by atoms with van der Waals surface area (Å²) in [6, 6.07) is 10.6. The van der Waals surface area contributed by atoms with Crippen LogP contribution in [0.1, 0.15) is 11.1 Å². The van der Waals surface area contributed by atoms with Crippen molar-refractivity contribution in [3.8, 4) is 6.07 Å².